The van der Waals surface area contributed by atoms with Crippen LogP contribution < -0.4 is 5.32 Å². The molecule has 1 aliphatic heterocycles. The molecule has 6 nitrogen and oxygen atoms in total. The zero-order valence-corrected chi connectivity index (χ0v) is 35.3. The molecule has 1 fully saturated rings. The van der Waals surface area contributed by atoms with Crippen LogP contribution in [0.2, 0.25) is 0 Å². The van der Waals surface area contributed by atoms with Crippen molar-refractivity contribution >= 4 is 11.9 Å². The summed E-state index contributed by atoms with van der Waals surface area (Å²) >= 11 is 0. The van der Waals surface area contributed by atoms with Crippen molar-refractivity contribution in [1.29, 1.82) is 0 Å². The lowest BCUT2D eigenvalue weighted by atomic mass is 9.99. The van der Waals surface area contributed by atoms with Gasteiger partial charge >= 0.3 is 11.9 Å². The average Bonchev–Trinajstić information content (AvgIpc) is 3.67. The van der Waals surface area contributed by atoms with E-state index in [1.54, 1.807) is 0 Å². The Balaban J connectivity index is 2.27. The molecule has 1 N–H and O–H groups in total. The lowest BCUT2D eigenvalue weighted by Crippen LogP contribution is -2.33. The molecule has 1 aliphatic rings. The second kappa shape index (κ2) is 36.8. The highest BCUT2D eigenvalue weighted by atomic mass is 16.5. The standard InChI is InChI=1S/C46H89NO5/c1-5-9-12-14-20-26-33-44(34-27-21-15-13-10-6-2)52-46(49)36-29-23-17-19-25-31-42(47-39-41-37-38-50-40-41)30-24-18-16-22-28-35-45(48)51-43(8-4)32-11-7-3/h41-44,47H,5-40H2,1-4H3. The smallest absolute Gasteiger partial charge is 0.306 e. The van der Waals surface area contributed by atoms with Gasteiger partial charge in [0.1, 0.15) is 12.2 Å². The van der Waals surface area contributed by atoms with Crippen LogP contribution in [0.3, 0.4) is 0 Å². The first-order valence-electron chi connectivity index (χ1n) is 23.2. The molecule has 6 heteroatoms. The van der Waals surface area contributed by atoms with E-state index in [2.05, 4.69) is 33.0 Å². The van der Waals surface area contributed by atoms with Gasteiger partial charge in [0, 0.05) is 32.0 Å². The van der Waals surface area contributed by atoms with Gasteiger partial charge in [0.25, 0.3) is 0 Å². The third-order valence-electron chi connectivity index (χ3n) is 11.3. The Labute approximate surface area is 323 Å². The molecule has 0 spiro atoms. The zero-order chi connectivity index (χ0) is 37.7. The Morgan fingerprint density at radius 3 is 1.42 bits per heavy atom. The molecule has 52 heavy (non-hydrogen) atoms. The SMILES string of the molecule is CCCCCCCCC(CCCCCCCC)OC(=O)CCCCCCCC(CCCCCCCC(=O)OC(CC)CCCC)NCC1CCOC1. The molecule has 0 bridgehead atoms. The Bertz CT molecular complexity index is 769. The van der Waals surface area contributed by atoms with E-state index >= 15 is 0 Å². The second-order valence-electron chi connectivity index (χ2n) is 16.3. The minimum Gasteiger partial charge on any atom is -0.462 e. The van der Waals surface area contributed by atoms with E-state index in [-0.39, 0.29) is 24.1 Å². The molecular formula is C46H89NO5. The maximum Gasteiger partial charge on any atom is 0.306 e. The van der Waals surface area contributed by atoms with Gasteiger partial charge in [0.2, 0.25) is 0 Å². The topological polar surface area (TPSA) is 73.9 Å². The van der Waals surface area contributed by atoms with Gasteiger partial charge in [-0.15, -0.1) is 0 Å². The molecule has 3 unspecified atom stereocenters. The number of esters is 2. The van der Waals surface area contributed by atoms with Gasteiger partial charge in [-0.2, -0.15) is 0 Å². The van der Waals surface area contributed by atoms with Crippen LogP contribution in [-0.2, 0) is 23.8 Å². The van der Waals surface area contributed by atoms with Gasteiger partial charge in [-0.25, -0.2) is 0 Å². The molecular weight excluding hydrogens is 647 g/mol. The molecule has 1 rings (SSSR count). The van der Waals surface area contributed by atoms with Crippen molar-refractivity contribution in [3.8, 4) is 0 Å². The van der Waals surface area contributed by atoms with E-state index in [4.69, 9.17) is 14.2 Å². The highest BCUT2D eigenvalue weighted by Crippen LogP contribution is 2.20. The summed E-state index contributed by atoms with van der Waals surface area (Å²) in [5.74, 6) is 0.691. The summed E-state index contributed by atoms with van der Waals surface area (Å²) in [7, 11) is 0. The van der Waals surface area contributed by atoms with E-state index in [0.29, 0.717) is 24.8 Å². The largest absolute Gasteiger partial charge is 0.462 e. The summed E-state index contributed by atoms with van der Waals surface area (Å²) in [6.07, 6.45) is 38.3. The van der Waals surface area contributed by atoms with Crippen LogP contribution in [0.5, 0.6) is 0 Å². The number of carbonyl (C=O) groups excluding carboxylic acids is 2. The first-order chi connectivity index (χ1) is 25.5. The number of ether oxygens (including phenoxy) is 3. The molecule has 0 aromatic rings. The lowest BCUT2D eigenvalue weighted by Gasteiger charge is -2.21. The van der Waals surface area contributed by atoms with E-state index in [9.17, 15) is 9.59 Å². The molecule has 0 radical (unpaired) electrons. The Morgan fingerprint density at radius 1 is 0.538 bits per heavy atom. The molecule has 1 heterocycles. The zero-order valence-electron chi connectivity index (χ0n) is 35.3. The van der Waals surface area contributed by atoms with Crippen LogP contribution in [0.4, 0.5) is 0 Å². The summed E-state index contributed by atoms with van der Waals surface area (Å²) in [4.78, 5) is 25.0. The van der Waals surface area contributed by atoms with Gasteiger partial charge in [0.05, 0.1) is 6.61 Å². The maximum absolute atomic E-state index is 12.8. The summed E-state index contributed by atoms with van der Waals surface area (Å²) in [5, 5.41) is 3.90. The van der Waals surface area contributed by atoms with Gasteiger partial charge in [-0.05, 0) is 76.5 Å². The van der Waals surface area contributed by atoms with Crippen LogP contribution in [0, 0.1) is 5.92 Å². The van der Waals surface area contributed by atoms with Crippen molar-refractivity contribution in [2.45, 2.75) is 258 Å². The molecule has 0 saturated carbocycles. The number of carbonyl (C=O) groups is 2. The summed E-state index contributed by atoms with van der Waals surface area (Å²) in [6.45, 7) is 11.7. The molecule has 0 aromatic carbocycles. The predicted octanol–water partition coefficient (Wildman–Crippen LogP) is 13.4. The maximum atomic E-state index is 12.8. The first kappa shape index (κ1) is 48.9. The van der Waals surface area contributed by atoms with Crippen molar-refractivity contribution in [2.24, 2.45) is 5.92 Å². The highest BCUT2D eigenvalue weighted by molar-refractivity contribution is 5.69. The monoisotopic (exact) mass is 736 g/mol. The third-order valence-corrected chi connectivity index (χ3v) is 11.3. The summed E-state index contributed by atoms with van der Waals surface area (Å²) in [5.41, 5.74) is 0. The Hall–Kier alpha value is -1.14. The fourth-order valence-corrected chi connectivity index (χ4v) is 7.64. The van der Waals surface area contributed by atoms with Crippen molar-refractivity contribution in [1.82, 2.24) is 5.32 Å². The minimum absolute atomic E-state index is 0.00529. The minimum atomic E-state index is -0.00529. The van der Waals surface area contributed by atoms with Gasteiger partial charge in [-0.1, -0.05) is 156 Å². The van der Waals surface area contributed by atoms with Crippen LogP contribution in [0.25, 0.3) is 0 Å². The second-order valence-corrected chi connectivity index (χ2v) is 16.3. The normalized spacial score (nSPS) is 15.7. The van der Waals surface area contributed by atoms with Crippen molar-refractivity contribution in [3.63, 3.8) is 0 Å². The number of hydrogen-bond donors (Lipinski definition) is 1. The number of rotatable bonds is 39. The van der Waals surface area contributed by atoms with E-state index in [0.717, 1.165) is 84.0 Å². The van der Waals surface area contributed by atoms with Crippen LogP contribution >= 0.6 is 0 Å². The van der Waals surface area contributed by atoms with E-state index in [1.165, 1.54) is 135 Å². The van der Waals surface area contributed by atoms with Gasteiger partial charge in [-0.3, -0.25) is 9.59 Å². The third kappa shape index (κ3) is 30.2. The average molecular weight is 736 g/mol. The molecule has 0 amide bonds. The molecule has 1 saturated heterocycles. The summed E-state index contributed by atoms with van der Waals surface area (Å²) in [6, 6.07) is 0.579. The molecule has 3 atom stereocenters. The Morgan fingerprint density at radius 2 is 0.962 bits per heavy atom. The highest BCUT2D eigenvalue weighted by Gasteiger charge is 2.18. The lowest BCUT2D eigenvalue weighted by molar-refractivity contribution is -0.150. The number of unbranched alkanes of at least 4 members (excludes halogenated alkanes) is 19. The van der Waals surface area contributed by atoms with E-state index < -0.39 is 0 Å². The molecule has 0 aliphatic carbocycles. The predicted molar refractivity (Wildman–Crippen MR) is 221 cm³/mol. The van der Waals surface area contributed by atoms with Crippen molar-refractivity contribution < 1.29 is 23.8 Å². The number of hydrogen-bond acceptors (Lipinski definition) is 6. The van der Waals surface area contributed by atoms with Crippen LogP contribution in [0.15, 0.2) is 0 Å². The fourth-order valence-electron chi connectivity index (χ4n) is 7.64. The Kier molecular flexibility index (Phi) is 34.6. The number of nitrogens with one attached hydrogen (secondary N) is 1. The van der Waals surface area contributed by atoms with Crippen LogP contribution in [0.1, 0.15) is 240 Å². The van der Waals surface area contributed by atoms with Gasteiger partial charge in [0.15, 0.2) is 0 Å². The molecule has 308 valence electrons. The first-order valence-corrected chi connectivity index (χ1v) is 23.2. The van der Waals surface area contributed by atoms with Crippen LogP contribution in [-0.4, -0.2) is 49.9 Å². The fraction of sp³-hybridized carbons (Fsp3) is 0.957. The van der Waals surface area contributed by atoms with E-state index in [1.807, 2.05) is 0 Å². The molecule has 0 aromatic heterocycles. The van der Waals surface area contributed by atoms with Crippen molar-refractivity contribution in [2.75, 3.05) is 19.8 Å². The quantitative estimate of drug-likeness (QED) is 0.0500. The van der Waals surface area contributed by atoms with Crippen molar-refractivity contribution in [3.05, 3.63) is 0 Å². The summed E-state index contributed by atoms with van der Waals surface area (Å²) < 4.78 is 17.4. The van der Waals surface area contributed by atoms with Gasteiger partial charge < -0.3 is 19.5 Å².